The van der Waals surface area contributed by atoms with Crippen LogP contribution in [-0.2, 0) is 42.7 Å². The van der Waals surface area contributed by atoms with Gasteiger partial charge in [0.1, 0.15) is 11.5 Å². The molecule has 0 fully saturated rings. The first-order valence-corrected chi connectivity index (χ1v) is 25.3. The molecule has 0 saturated carbocycles. The largest absolute Gasteiger partial charge is 0.509 e. The molecule has 74 heavy (non-hydrogen) atoms. The molecular formula is C65H58N5O3Pt-3. The molecule has 9 aromatic rings. The van der Waals surface area contributed by atoms with Crippen LogP contribution in [0.3, 0.4) is 0 Å². The van der Waals surface area contributed by atoms with Gasteiger partial charge in [-0.3, -0.25) is 4.90 Å². The van der Waals surface area contributed by atoms with E-state index in [9.17, 15) is 0 Å². The summed E-state index contributed by atoms with van der Waals surface area (Å²) in [5.74, 6) is 5.20. The number of aromatic nitrogens is 2. The van der Waals surface area contributed by atoms with E-state index in [2.05, 4.69) is 206 Å². The van der Waals surface area contributed by atoms with Crippen molar-refractivity contribution in [3.63, 3.8) is 0 Å². The summed E-state index contributed by atoms with van der Waals surface area (Å²) in [5, 5.41) is 2.19. The third kappa shape index (κ3) is 7.62. The Bertz CT molecular complexity index is 3720. The first-order valence-electron chi connectivity index (χ1n) is 25.3. The topological polar surface area (TPSA) is 55.2 Å². The fourth-order valence-electron chi connectivity index (χ4n) is 10.9. The van der Waals surface area contributed by atoms with Crippen molar-refractivity contribution in [3.8, 4) is 51.4 Å². The van der Waals surface area contributed by atoms with E-state index in [1.54, 1.807) is 0 Å². The molecule has 2 aromatic heterocycles. The molecule has 8 nitrogen and oxygen atoms in total. The van der Waals surface area contributed by atoms with Gasteiger partial charge in [0.05, 0.1) is 11.4 Å². The van der Waals surface area contributed by atoms with Gasteiger partial charge in [-0.1, -0.05) is 136 Å². The average Bonchev–Trinajstić information content (AvgIpc) is 3.98. The van der Waals surface area contributed by atoms with E-state index in [0.29, 0.717) is 11.5 Å². The van der Waals surface area contributed by atoms with Crippen LogP contribution in [-0.4, -0.2) is 9.55 Å². The van der Waals surface area contributed by atoms with Gasteiger partial charge < -0.3 is 28.6 Å². The van der Waals surface area contributed by atoms with Crippen molar-refractivity contribution in [2.75, 3.05) is 14.7 Å². The second-order valence-corrected chi connectivity index (χ2v) is 23.6. The zero-order chi connectivity index (χ0) is 50.5. The second kappa shape index (κ2) is 16.6. The van der Waals surface area contributed by atoms with Crippen LogP contribution in [0.1, 0.15) is 104 Å². The van der Waals surface area contributed by atoms with Crippen LogP contribution < -0.4 is 28.9 Å². The predicted octanol–water partition coefficient (Wildman–Crippen LogP) is 17.4. The molecule has 0 aliphatic carbocycles. The Morgan fingerprint density at radius 2 is 1.18 bits per heavy atom. The third-order valence-corrected chi connectivity index (χ3v) is 15.1. The average molecular weight is 1150 g/mol. The quantitative estimate of drug-likeness (QED) is 0.154. The number of hydrogen-bond acceptors (Lipinski definition) is 7. The maximum Gasteiger partial charge on any atom is 0.157 e. The molecule has 374 valence electrons. The maximum atomic E-state index is 7.03. The van der Waals surface area contributed by atoms with E-state index in [4.69, 9.17) is 19.2 Å². The van der Waals surface area contributed by atoms with E-state index >= 15 is 0 Å². The molecule has 7 aromatic carbocycles. The zero-order valence-electron chi connectivity index (χ0n) is 43.7. The van der Waals surface area contributed by atoms with Crippen LogP contribution in [0.2, 0.25) is 0 Å². The van der Waals surface area contributed by atoms with E-state index in [-0.39, 0.29) is 42.7 Å². The minimum absolute atomic E-state index is 0. The minimum Gasteiger partial charge on any atom is -0.509 e. The number of fused-ring (bicyclic) bond motifs is 3. The number of pyridine rings is 1. The molecule has 9 heteroatoms. The number of benzene rings is 7. The predicted molar refractivity (Wildman–Crippen MR) is 296 cm³/mol. The fourth-order valence-corrected chi connectivity index (χ4v) is 10.9. The molecule has 0 amide bonds. The van der Waals surface area contributed by atoms with Crippen LogP contribution in [0.5, 0.6) is 34.5 Å². The summed E-state index contributed by atoms with van der Waals surface area (Å²) in [5.41, 5.74) is 14.8. The van der Waals surface area contributed by atoms with Gasteiger partial charge in [0.2, 0.25) is 0 Å². The number of ether oxygens (including phenoxy) is 3. The second-order valence-electron chi connectivity index (χ2n) is 23.6. The first-order chi connectivity index (χ1) is 34.8. The van der Waals surface area contributed by atoms with Gasteiger partial charge in [0, 0.05) is 67.5 Å². The summed E-state index contributed by atoms with van der Waals surface area (Å²) in [6, 6.07) is 52.3. The summed E-state index contributed by atoms with van der Waals surface area (Å²) >= 11 is 0. The Morgan fingerprint density at radius 3 is 1.82 bits per heavy atom. The van der Waals surface area contributed by atoms with Crippen LogP contribution >= 0.6 is 0 Å². The van der Waals surface area contributed by atoms with Crippen molar-refractivity contribution in [2.45, 2.75) is 97.8 Å². The first kappa shape index (κ1) is 47.7. The fraction of sp³-hybridized carbons (Fsp3) is 0.231. The molecule has 0 radical (unpaired) electrons. The van der Waals surface area contributed by atoms with Crippen LogP contribution in [0, 0.1) is 18.8 Å². The number of hydrogen-bond donors (Lipinski definition) is 0. The van der Waals surface area contributed by atoms with Crippen molar-refractivity contribution in [3.05, 3.63) is 193 Å². The number of nitrogens with zero attached hydrogens (tertiary/aromatic N) is 5. The van der Waals surface area contributed by atoms with Gasteiger partial charge >= 0.3 is 0 Å². The molecule has 0 spiro atoms. The number of anilines is 5. The Hall–Kier alpha value is -7.28. The molecule has 0 N–H and O–H groups in total. The monoisotopic (exact) mass is 1150 g/mol. The van der Waals surface area contributed by atoms with E-state index in [0.717, 1.165) is 84.6 Å². The minimum atomic E-state index is -0.301. The SMILES string of the molecule is CC(C)(C)c1ccnc(-n2c3[c-]c(Oc4[c-]c(N5C=CN(c6cc7c8c(c6)Oc6cc(C(C)(C)C)cc9c6N8c6c(cc(C(C)(C)C)cc6C9(C)C)O7)[CH-]5)ccc4)ccc3c3cc(-c4ccccc4)ccc32)c1.[Pt]. The number of rotatable bonds is 6. The van der Waals surface area contributed by atoms with Gasteiger partial charge in [0.15, 0.2) is 23.0 Å². The van der Waals surface area contributed by atoms with E-state index in [1.165, 1.54) is 33.4 Å². The van der Waals surface area contributed by atoms with Crippen molar-refractivity contribution >= 4 is 50.2 Å². The molecule has 4 aliphatic rings. The zero-order valence-corrected chi connectivity index (χ0v) is 46.0. The van der Waals surface area contributed by atoms with E-state index < -0.39 is 0 Å². The Kier molecular flexibility index (Phi) is 10.7. The molecule has 0 saturated heterocycles. The molecule has 0 unspecified atom stereocenters. The third-order valence-electron chi connectivity index (χ3n) is 15.1. The van der Waals surface area contributed by atoms with Crippen molar-refractivity contribution < 1.29 is 35.3 Å². The Labute approximate surface area is 449 Å². The van der Waals surface area contributed by atoms with Gasteiger partial charge in [-0.2, -0.15) is 12.1 Å². The van der Waals surface area contributed by atoms with Gasteiger partial charge in [-0.05, 0) is 103 Å². The van der Waals surface area contributed by atoms with E-state index in [1.807, 2.05) is 54.4 Å². The van der Waals surface area contributed by atoms with Crippen LogP contribution in [0.4, 0.5) is 28.4 Å². The summed E-state index contributed by atoms with van der Waals surface area (Å²) in [4.78, 5) is 11.5. The smallest absolute Gasteiger partial charge is 0.157 e. The molecule has 6 heterocycles. The summed E-state index contributed by atoms with van der Waals surface area (Å²) in [6.45, 7) is 27.1. The van der Waals surface area contributed by atoms with Crippen molar-refractivity contribution in [1.29, 1.82) is 0 Å². The molecule has 0 atom stereocenters. The Balaban J connectivity index is 0.00000556. The summed E-state index contributed by atoms with van der Waals surface area (Å²) in [6.07, 6.45) is 5.98. The van der Waals surface area contributed by atoms with Gasteiger partial charge in [-0.25, -0.2) is 4.98 Å². The van der Waals surface area contributed by atoms with Gasteiger partial charge in [-0.15, -0.1) is 48.1 Å². The van der Waals surface area contributed by atoms with Gasteiger partial charge in [0.25, 0.3) is 0 Å². The molecule has 4 aliphatic heterocycles. The van der Waals surface area contributed by atoms with Crippen molar-refractivity contribution in [1.82, 2.24) is 9.55 Å². The molecule has 13 rings (SSSR count). The van der Waals surface area contributed by atoms with Crippen LogP contribution in [0.15, 0.2) is 146 Å². The summed E-state index contributed by atoms with van der Waals surface area (Å²) in [7, 11) is 0. The Morgan fingerprint density at radius 1 is 0.554 bits per heavy atom. The van der Waals surface area contributed by atoms with Crippen molar-refractivity contribution in [2.24, 2.45) is 0 Å². The summed E-state index contributed by atoms with van der Waals surface area (Å²) < 4.78 is 22.9. The molecule has 0 bridgehead atoms. The maximum absolute atomic E-state index is 7.03. The molecular weight excluding hydrogens is 1090 g/mol. The van der Waals surface area contributed by atoms with Crippen LogP contribution in [0.25, 0.3) is 38.8 Å². The standard InChI is InChI=1S/C65H58N5O3.Pt/c1-62(2,3)41-24-25-66-58(33-41)69-52-23-20-40(39-16-13-12-14-17-39)28-49(52)48-22-21-47(37-53(48)69)71-46-19-15-18-44(34-46)67-26-27-68(38-67)45-35-56-61-57(36-45)73-55-32-43(64(7,8)9)30-51-60(55)70(61)59-50(65(51,10)11)29-42(63(4,5)6)31-54(59)72-56;/h12-33,35-36,38H,1-11H3;/q-3;. The normalized spacial score (nSPS) is 15.0.